The molecule has 0 fully saturated rings. The van der Waals surface area contributed by atoms with E-state index in [0.717, 1.165) is 26.9 Å². The fourth-order valence-corrected chi connectivity index (χ4v) is 3.10. The number of aryl methyl sites for hydroxylation is 2. The van der Waals surface area contributed by atoms with Crippen molar-refractivity contribution in [2.75, 3.05) is 0 Å². The lowest BCUT2D eigenvalue weighted by Crippen LogP contribution is -1.97. The number of nitrogens with one attached hydrogen (secondary N) is 1. The van der Waals surface area contributed by atoms with Crippen LogP contribution in [0.2, 0.25) is 0 Å². The predicted octanol–water partition coefficient (Wildman–Crippen LogP) is 4.46. The Morgan fingerprint density at radius 3 is 2.79 bits per heavy atom. The quantitative estimate of drug-likeness (QED) is 0.667. The Bertz CT molecular complexity index is 832. The van der Waals surface area contributed by atoms with Crippen molar-refractivity contribution in [3.8, 4) is 5.69 Å². The SMILES string of the molecule is Cc1ccc(-n2c(=S)[nH]c3c(C)ccnc32)c(Br)c1. The molecule has 0 radical (unpaired) electrons. The van der Waals surface area contributed by atoms with Crippen LogP contribution in [0.5, 0.6) is 0 Å². The minimum absolute atomic E-state index is 0.654. The molecule has 1 N–H and O–H groups in total. The first-order valence-electron chi connectivity index (χ1n) is 5.91. The Balaban J connectivity index is 2.40. The van der Waals surface area contributed by atoms with Gasteiger partial charge in [-0.15, -0.1) is 0 Å². The average molecular weight is 334 g/mol. The van der Waals surface area contributed by atoms with E-state index in [4.69, 9.17) is 12.2 Å². The Hall–Kier alpha value is -1.46. The highest BCUT2D eigenvalue weighted by Crippen LogP contribution is 2.26. The van der Waals surface area contributed by atoms with E-state index < -0.39 is 0 Å². The van der Waals surface area contributed by atoms with Crippen molar-refractivity contribution in [1.82, 2.24) is 14.5 Å². The molecule has 0 unspecified atom stereocenters. The molecular weight excluding hydrogens is 322 g/mol. The standard InChI is InChI=1S/C14H12BrN3S/c1-8-3-4-11(10(15)7-8)18-13-12(17-14(18)19)9(2)5-6-16-13/h3-7H,1-2H3,(H,17,19). The maximum absolute atomic E-state index is 5.43. The van der Waals surface area contributed by atoms with E-state index in [2.05, 4.69) is 45.0 Å². The summed E-state index contributed by atoms with van der Waals surface area (Å²) in [6, 6.07) is 8.16. The Kier molecular flexibility index (Phi) is 3.03. The van der Waals surface area contributed by atoms with E-state index in [1.165, 1.54) is 5.56 Å². The molecule has 19 heavy (non-hydrogen) atoms. The molecule has 0 saturated heterocycles. The topological polar surface area (TPSA) is 33.6 Å². The molecule has 96 valence electrons. The van der Waals surface area contributed by atoms with E-state index in [0.29, 0.717) is 4.77 Å². The second-order valence-electron chi connectivity index (χ2n) is 4.55. The number of nitrogens with zero attached hydrogens (tertiary/aromatic N) is 2. The monoisotopic (exact) mass is 333 g/mol. The maximum Gasteiger partial charge on any atom is 0.184 e. The summed E-state index contributed by atoms with van der Waals surface area (Å²) in [6.45, 7) is 4.11. The van der Waals surface area contributed by atoms with Gasteiger partial charge in [0, 0.05) is 10.7 Å². The Morgan fingerprint density at radius 2 is 2.05 bits per heavy atom. The number of imidazole rings is 1. The predicted molar refractivity (Wildman–Crippen MR) is 83.4 cm³/mol. The first kappa shape index (κ1) is 12.6. The lowest BCUT2D eigenvalue weighted by Gasteiger charge is -2.07. The van der Waals surface area contributed by atoms with Gasteiger partial charge in [-0.3, -0.25) is 4.57 Å². The van der Waals surface area contributed by atoms with Gasteiger partial charge in [0.1, 0.15) is 0 Å². The van der Waals surface area contributed by atoms with Crippen LogP contribution in [-0.2, 0) is 0 Å². The molecule has 1 aromatic carbocycles. The summed E-state index contributed by atoms with van der Waals surface area (Å²) in [5.74, 6) is 0. The fourth-order valence-electron chi connectivity index (χ4n) is 2.14. The third-order valence-corrected chi connectivity index (χ3v) is 4.05. The van der Waals surface area contributed by atoms with E-state index >= 15 is 0 Å². The second-order valence-corrected chi connectivity index (χ2v) is 5.79. The largest absolute Gasteiger partial charge is 0.329 e. The third kappa shape index (κ3) is 2.03. The molecule has 0 saturated carbocycles. The number of rotatable bonds is 1. The van der Waals surface area contributed by atoms with Crippen LogP contribution in [0.4, 0.5) is 0 Å². The number of hydrogen-bond donors (Lipinski definition) is 1. The maximum atomic E-state index is 5.43. The average Bonchev–Trinajstić information content (AvgIpc) is 2.68. The number of aromatic nitrogens is 3. The van der Waals surface area contributed by atoms with Gasteiger partial charge >= 0.3 is 0 Å². The molecule has 2 aromatic heterocycles. The first-order valence-corrected chi connectivity index (χ1v) is 7.11. The smallest absolute Gasteiger partial charge is 0.184 e. The van der Waals surface area contributed by atoms with Gasteiger partial charge in [0.15, 0.2) is 10.4 Å². The molecule has 0 amide bonds. The fraction of sp³-hybridized carbons (Fsp3) is 0.143. The number of H-pyrrole nitrogens is 1. The van der Waals surface area contributed by atoms with Crippen LogP contribution in [0.3, 0.4) is 0 Å². The van der Waals surface area contributed by atoms with Crippen LogP contribution in [-0.4, -0.2) is 14.5 Å². The molecule has 0 aliphatic rings. The highest BCUT2D eigenvalue weighted by molar-refractivity contribution is 9.10. The minimum Gasteiger partial charge on any atom is -0.329 e. The number of aromatic amines is 1. The summed E-state index contributed by atoms with van der Waals surface area (Å²) in [7, 11) is 0. The minimum atomic E-state index is 0.654. The molecular formula is C14H12BrN3S. The van der Waals surface area contributed by atoms with Gasteiger partial charge in [-0.1, -0.05) is 6.07 Å². The van der Waals surface area contributed by atoms with Gasteiger partial charge in [-0.25, -0.2) is 4.98 Å². The summed E-state index contributed by atoms with van der Waals surface area (Å²) < 4.78 is 3.62. The molecule has 0 aliphatic heterocycles. The van der Waals surface area contributed by atoms with Crippen molar-refractivity contribution < 1.29 is 0 Å². The summed E-state index contributed by atoms with van der Waals surface area (Å²) in [6.07, 6.45) is 1.80. The zero-order chi connectivity index (χ0) is 13.6. The van der Waals surface area contributed by atoms with Gasteiger partial charge in [-0.2, -0.15) is 0 Å². The highest BCUT2D eigenvalue weighted by atomic mass is 79.9. The van der Waals surface area contributed by atoms with Crippen LogP contribution >= 0.6 is 28.1 Å². The summed E-state index contributed by atoms with van der Waals surface area (Å²) >= 11 is 9.03. The van der Waals surface area contributed by atoms with E-state index in [9.17, 15) is 0 Å². The van der Waals surface area contributed by atoms with Gasteiger partial charge in [-0.05, 0) is 71.3 Å². The van der Waals surface area contributed by atoms with Gasteiger partial charge in [0.2, 0.25) is 0 Å². The van der Waals surface area contributed by atoms with Crippen molar-refractivity contribution in [3.63, 3.8) is 0 Å². The molecule has 0 bridgehead atoms. The molecule has 0 atom stereocenters. The number of hydrogen-bond acceptors (Lipinski definition) is 2. The van der Waals surface area contributed by atoms with Crippen LogP contribution in [0, 0.1) is 18.6 Å². The summed E-state index contributed by atoms with van der Waals surface area (Å²) in [5.41, 5.74) is 5.18. The van der Waals surface area contributed by atoms with Crippen molar-refractivity contribution in [2.45, 2.75) is 13.8 Å². The van der Waals surface area contributed by atoms with Gasteiger partial charge < -0.3 is 4.98 Å². The van der Waals surface area contributed by atoms with E-state index in [1.807, 2.05) is 23.6 Å². The molecule has 3 nitrogen and oxygen atoms in total. The van der Waals surface area contributed by atoms with Crippen molar-refractivity contribution in [3.05, 3.63) is 50.8 Å². The normalized spacial score (nSPS) is 11.1. The van der Waals surface area contributed by atoms with Crippen molar-refractivity contribution in [2.24, 2.45) is 0 Å². The van der Waals surface area contributed by atoms with Crippen LogP contribution in [0.1, 0.15) is 11.1 Å². The zero-order valence-electron chi connectivity index (χ0n) is 10.6. The molecule has 5 heteroatoms. The third-order valence-electron chi connectivity index (χ3n) is 3.13. The molecule has 2 heterocycles. The highest BCUT2D eigenvalue weighted by Gasteiger charge is 2.11. The van der Waals surface area contributed by atoms with Crippen LogP contribution < -0.4 is 0 Å². The Morgan fingerprint density at radius 1 is 1.26 bits per heavy atom. The lowest BCUT2D eigenvalue weighted by molar-refractivity contribution is 1.03. The number of benzene rings is 1. The van der Waals surface area contributed by atoms with E-state index in [-0.39, 0.29) is 0 Å². The lowest BCUT2D eigenvalue weighted by atomic mass is 10.2. The van der Waals surface area contributed by atoms with E-state index in [1.54, 1.807) is 6.20 Å². The van der Waals surface area contributed by atoms with Crippen LogP contribution in [0.25, 0.3) is 16.9 Å². The number of pyridine rings is 1. The second kappa shape index (κ2) is 4.58. The molecule has 3 aromatic rings. The number of halogens is 1. The Labute approximate surface area is 124 Å². The summed E-state index contributed by atoms with van der Waals surface area (Å²) in [4.78, 5) is 7.68. The summed E-state index contributed by atoms with van der Waals surface area (Å²) in [5, 5.41) is 0. The first-order chi connectivity index (χ1) is 9.08. The van der Waals surface area contributed by atoms with Crippen LogP contribution in [0.15, 0.2) is 34.9 Å². The van der Waals surface area contributed by atoms with Gasteiger partial charge in [0.05, 0.1) is 11.2 Å². The zero-order valence-corrected chi connectivity index (χ0v) is 13.0. The molecule has 0 aliphatic carbocycles. The van der Waals surface area contributed by atoms with Crippen molar-refractivity contribution in [1.29, 1.82) is 0 Å². The molecule has 0 spiro atoms. The molecule has 3 rings (SSSR count). The number of fused-ring (bicyclic) bond motifs is 1. The van der Waals surface area contributed by atoms with Gasteiger partial charge in [0.25, 0.3) is 0 Å². The van der Waals surface area contributed by atoms with Crippen molar-refractivity contribution >= 4 is 39.3 Å².